The van der Waals surface area contributed by atoms with Crippen LogP contribution in [0.3, 0.4) is 0 Å². The van der Waals surface area contributed by atoms with Gasteiger partial charge in [-0.3, -0.25) is 0 Å². The molecule has 5 heteroatoms. The van der Waals surface area contributed by atoms with Gasteiger partial charge in [-0.25, -0.2) is 9.97 Å². The topological polar surface area (TPSA) is 32.3 Å². The second kappa shape index (κ2) is 7.23. The number of aromatic nitrogens is 2. The van der Waals surface area contributed by atoms with E-state index in [0.29, 0.717) is 5.15 Å². The fraction of sp³-hybridized carbons (Fsp3) is 0.733. The van der Waals surface area contributed by atoms with Crippen LogP contribution in [-0.4, -0.2) is 48.6 Å². The minimum Gasteiger partial charge on any atom is -0.356 e. The van der Waals surface area contributed by atoms with Gasteiger partial charge in [-0.2, -0.15) is 0 Å². The summed E-state index contributed by atoms with van der Waals surface area (Å²) in [6.45, 7) is 5.49. The Balaban J connectivity index is 2.05. The summed E-state index contributed by atoms with van der Waals surface area (Å²) in [4.78, 5) is 13.3. The summed E-state index contributed by atoms with van der Waals surface area (Å²) in [5.74, 6) is 1.85. The second-order valence-electron chi connectivity index (χ2n) is 5.91. The first-order valence-corrected chi connectivity index (χ1v) is 7.88. The SMILES string of the molecule is CCCc1c(Cl)ncnc1N1CCC(CN(C)C)CC1. The zero-order chi connectivity index (χ0) is 14.5. The zero-order valence-corrected chi connectivity index (χ0v) is 13.5. The summed E-state index contributed by atoms with van der Waals surface area (Å²) in [7, 11) is 4.30. The van der Waals surface area contributed by atoms with Crippen molar-refractivity contribution in [3.05, 3.63) is 17.0 Å². The van der Waals surface area contributed by atoms with Gasteiger partial charge in [0.25, 0.3) is 0 Å². The van der Waals surface area contributed by atoms with Crippen LogP contribution in [0.25, 0.3) is 0 Å². The van der Waals surface area contributed by atoms with Gasteiger partial charge >= 0.3 is 0 Å². The molecule has 1 aliphatic rings. The molecule has 0 aliphatic carbocycles. The maximum Gasteiger partial charge on any atom is 0.137 e. The van der Waals surface area contributed by atoms with E-state index in [2.05, 4.69) is 40.8 Å². The van der Waals surface area contributed by atoms with Gasteiger partial charge in [-0.05, 0) is 39.3 Å². The standard InChI is InChI=1S/C15H25ClN4/c1-4-5-13-14(16)17-11-18-15(13)20-8-6-12(7-9-20)10-19(2)3/h11-12H,4-10H2,1-3H3. The van der Waals surface area contributed by atoms with Gasteiger partial charge in [0, 0.05) is 25.2 Å². The molecule has 2 rings (SSSR count). The second-order valence-corrected chi connectivity index (χ2v) is 6.27. The molecular weight excluding hydrogens is 272 g/mol. The fourth-order valence-corrected chi connectivity index (χ4v) is 3.19. The van der Waals surface area contributed by atoms with Crippen molar-refractivity contribution in [1.82, 2.24) is 14.9 Å². The normalized spacial score (nSPS) is 16.9. The fourth-order valence-electron chi connectivity index (χ4n) is 2.96. The van der Waals surface area contributed by atoms with E-state index in [1.807, 2.05) is 0 Å². The molecule has 112 valence electrons. The molecular formula is C15H25ClN4. The van der Waals surface area contributed by atoms with Gasteiger partial charge in [0.2, 0.25) is 0 Å². The van der Waals surface area contributed by atoms with Gasteiger partial charge in [0.1, 0.15) is 17.3 Å². The van der Waals surface area contributed by atoms with Crippen LogP contribution in [-0.2, 0) is 6.42 Å². The highest BCUT2D eigenvalue weighted by atomic mass is 35.5. The molecule has 0 amide bonds. The van der Waals surface area contributed by atoms with E-state index in [-0.39, 0.29) is 0 Å². The first kappa shape index (κ1) is 15.5. The molecule has 1 saturated heterocycles. The zero-order valence-electron chi connectivity index (χ0n) is 12.8. The molecule has 0 radical (unpaired) electrons. The molecule has 0 aromatic carbocycles. The molecule has 4 nitrogen and oxygen atoms in total. The van der Waals surface area contributed by atoms with E-state index < -0.39 is 0 Å². The lowest BCUT2D eigenvalue weighted by Crippen LogP contribution is -2.38. The van der Waals surface area contributed by atoms with Crippen molar-refractivity contribution >= 4 is 17.4 Å². The molecule has 1 aromatic heterocycles. The molecule has 1 fully saturated rings. The molecule has 1 aliphatic heterocycles. The Bertz CT molecular complexity index is 428. The summed E-state index contributed by atoms with van der Waals surface area (Å²) in [5.41, 5.74) is 1.11. The van der Waals surface area contributed by atoms with Crippen LogP contribution in [0.15, 0.2) is 6.33 Å². The molecule has 0 saturated carbocycles. The highest BCUT2D eigenvalue weighted by Crippen LogP contribution is 2.28. The number of anilines is 1. The lowest BCUT2D eigenvalue weighted by atomic mass is 9.96. The Morgan fingerprint density at radius 1 is 1.30 bits per heavy atom. The van der Waals surface area contributed by atoms with E-state index in [1.165, 1.54) is 19.4 Å². The average Bonchev–Trinajstić information content (AvgIpc) is 2.42. The van der Waals surface area contributed by atoms with Crippen molar-refractivity contribution in [2.45, 2.75) is 32.6 Å². The summed E-state index contributed by atoms with van der Waals surface area (Å²) in [6.07, 6.45) is 6.06. The summed E-state index contributed by atoms with van der Waals surface area (Å²) in [6, 6.07) is 0. The number of hydrogen-bond donors (Lipinski definition) is 0. The summed E-state index contributed by atoms with van der Waals surface area (Å²) >= 11 is 6.24. The van der Waals surface area contributed by atoms with Gasteiger partial charge in [0.15, 0.2) is 0 Å². The molecule has 0 spiro atoms. The highest BCUT2D eigenvalue weighted by molar-refractivity contribution is 6.30. The molecule has 1 aromatic rings. The Morgan fingerprint density at radius 2 is 2.00 bits per heavy atom. The van der Waals surface area contributed by atoms with Crippen LogP contribution >= 0.6 is 11.6 Å². The molecule has 20 heavy (non-hydrogen) atoms. The van der Waals surface area contributed by atoms with Gasteiger partial charge in [-0.1, -0.05) is 24.9 Å². The largest absolute Gasteiger partial charge is 0.356 e. The maximum atomic E-state index is 6.24. The highest BCUT2D eigenvalue weighted by Gasteiger charge is 2.23. The van der Waals surface area contributed by atoms with Crippen molar-refractivity contribution in [2.75, 3.05) is 38.6 Å². The van der Waals surface area contributed by atoms with E-state index in [9.17, 15) is 0 Å². The van der Waals surface area contributed by atoms with E-state index in [0.717, 1.165) is 43.2 Å². The smallest absolute Gasteiger partial charge is 0.137 e. The molecule has 2 heterocycles. The van der Waals surface area contributed by atoms with Gasteiger partial charge < -0.3 is 9.80 Å². The number of piperidine rings is 1. The Labute approximate surface area is 127 Å². The lowest BCUT2D eigenvalue weighted by Gasteiger charge is -2.34. The van der Waals surface area contributed by atoms with Crippen molar-refractivity contribution in [1.29, 1.82) is 0 Å². The first-order chi connectivity index (χ1) is 9.61. The number of halogens is 1. The van der Waals surface area contributed by atoms with Gasteiger partial charge in [0.05, 0.1) is 0 Å². The monoisotopic (exact) mass is 296 g/mol. The van der Waals surface area contributed by atoms with Crippen LogP contribution in [0, 0.1) is 5.92 Å². The summed E-state index contributed by atoms with van der Waals surface area (Å²) in [5, 5.41) is 0.618. The Hall–Kier alpha value is -0.870. The number of hydrogen-bond acceptors (Lipinski definition) is 4. The van der Waals surface area contributed by atoms with Crippen molar-refractivity contribution in [2.24, 2.45) is 5.92 Å². The Morgan fingerprint density at radius 3 is 2.60 bits per heavy atom. The minimum absolute atomic E-state index is 0.618. The maximum absolute atomic E-state index is 6.24. The molecule has 0 bridgehead atoms. The third-order valence-electron chi connectivity index (χ3n) is 3.91. The van der Waals surface area contributed by atoms with Crippen LogP contribution in [0.4, 0.5) is 5.82 Å². The lowest BCUT2D eigenvalue weighted by molar-refractivity contribution is 0.284. The van der Waals surface area contributed by atoms with Crippen LogP contribution < -0.4 is 4.90 Å². The predicted molar refractivity (Wildman–Crippen MR) is 84.5 cm³/mol. The molecule has 0 atom stereocenters. The van der Waals surface area contributed by atoms with E-state index >= 15 is 0 Å². The Kier molecular flexibility index (Phi) is 5.61. The third kappa shape index (κ3) is 3.83. The van der Waals surface area contributed by atoms with Crippen molar-refractivity contribution < 1.29 is 0 Å². The predicted octanol–water partition coefficient (Wildman–Crippen LogP) is 2.86. The van der Waals surface area contributed by atoms with E-state index in [1.54, 1.807) is 6.33 Å². The van der Waals surface area contributed by atoms with Crippen LogP contribution in [0.2, 0.25) is 5.15 Å². The third-order valence-corrected chi connectivity index (χ3v) is 4.23. The molecule has 0 unspecified atom stereocenters. The average molecular weight is 297 g/mol. The van der Waals surface area contributed by atoms with Gasteiger partial charge in [-0.15, -0.1) is 0 Å². The molecule has 0 N–H and O–H groups in total. The number of rotatable bonds is 5. The van der Waals surface area contributed by atoms with Crippen LogP contribution in [0.1, 0.15) is 31.7 Å². The van der Waals surface area contributed by atoms with Crippen LogP contribution in [0.5, 0.6) is 0 Å². The van der Waals surface area contributed by atoms with Crippen molar-refractivity contribution in [3.8, 4) is 0 Å². The minimum atomic E-state index is 0.618. The number of nitrogens with zero attached hydrogens (tertiary/aromatic N) is 4. The first-order valence-electron chi connectivity index (χ1n) is 7.50. The quantitative estimate of drug-likeness (QED) is 0.782. The summed E-state index contributed by atoms with van der Waals surface area (Å²) < 4.78 is 0. The van der Waals surface area contributed by atoms with Crippen molar-refractivity contribution in [3.63, 3.8) is 0 Å². The van der Waals surface area contributed by atoms with E-state index in [4.69, 9.17) is 11.6 Å².